The molecule has 0 amide bonds. The van der Waals surface area contributed by atoms with Gasteiger partial charge in [-0.25, -0.2) is 0 Å². The van der Waals surface area contributed by atoms with Crippen molar-refractivity contribution >= 4 is 23.2 Å². The smallest absolute Gasteiger partial charge is 0.200 e. The van der Waals surface area contributed by atoms with E-state index in [0.717, 1.165) is 25.7 Å². The van der Waals surface area contributed by atoms with Gasteiger partial charge in [0.2, 0.25) is 0 Å². The first kappa shape index (κ1) is 39.4. The van der Waals surface area contributed by atoms with Crippen molar-refractivity contribution in [1.82, 2.24) is 0 Å². The summed E-state index contributed by atoms with van der Waals surface area (Å²) in [5.41, 5.74) is 0. The Hall–Kier alpha value is -0.610. The lowest BCUT2D eigenvalue weighted by atomic mass is 9.87. The molecular formula is C21H25Cl2F17. The van der Waals surface area contributed by atoms with E-state index in [4.69, 9.17) is 23.2 Å². The fourth-order valence-electron chi connectivity index (χ4n) is 3.37. The predicted molar refractivity (Wildman–Crippen MR) is 112 cm³/mol. The number of unbranched alkanes of at least 4 members (excludes halogenated alkanes) is 5. The molecule has 0 bridgehead atoms. The van der Waals surface area contributed by atoms with Crippen LogP contribution in [0.25, 0.3) is 0 Å². The van der Waals surface area contributed by atoms with E-state index in [2.05, 4.69) is 0 Å². The summed E-state index contributed by atoms with van der Waals surface area (Å²) >= 11 is 11.6. The van der Waals surface area contributed by atoms with Gasteiger partial charge in [-0.05, 0) is 18.8 Å². The van der Waals surface area contributed by atoms with Crippen molar-refractivity contribution in [2.24, 2.45) is 5.92 Å². The zero-order chi connectivity index (χ0) is 32.4. The molecule has 0 aromatic rings. The molecule has 0 rings (SSSR count). The Morgan fingerprint density at radius 3 is 1.23 bits per heavy atom. The molecule has 1 atom stereocenters. The van der Waals surface area contributed by atoms with Crippen molar-refractivity contribution in [2.75, 3.05) is 0 Å². The van der Waals surface area contributed by atoms with Crippen LogP contribution in [-0.2, 0) is 0 Å². The minimum absolute atomic E-state index is 0.0735. The molecule has 0 aromatic carbocycles. The monoisotopic (exact) mass is 670 g/mol. The quantitative estimate of drug-likeness (QED) is 0.0821. The van der Waals surface area contributed by atoms with Gasteiger partial charge in [-0.2, -0.15) is 74.6 Å². The zero-order valence-corrected chi connectivity index (χ0v) is 22.1. The molecule has 1 unspecified atom stereocenters. The van der Waals surface area contributed by atoms with Gasteiger partial charge in [0.25, 0.3) is 0 Å². The molecule has 0 fully saturated rings. The average Bonchev–Trinajstić information content (AvgIpc) is 2.78. The summed E-state index contributed by atoms with van der Waals surface area (Å²) in [6.07, 6.45) is -7.54. The molecule has 0 aliphatic heterocycles. The van der Waals surface area contributed by atoms with Crippen LogP contribution >= 0.6 is 23.2 Å². The van der Waals surface area contributed by atoms with E-state index in [1.165, 1.54) is 6.92 Å². The van der Waals surface area contributed by atoms with Crippen LogP contribution in [0.2, 0.25) is 0 Å². The van der Waals surface area contributed by atoms with Crippen LogP contribution in [0.1, 0.15) is 71.6 Å². The normalized spacial score (nSPS) is 16.4. The summed E-state index contributed by atoms with van der Waals surface area (Å²) in [6.45, 7) is 3.15. The van der Waals surface area contributed by atoms with Gasteiger partial charge in [-0.15, -0.1) is 23.2 Å². The number of alkyl halides is 19. The van der Waals surface area contributed by atoms with Crippen LogP contribution in [0.3, 0.4) is 0 Å². The minimum Gasteiger partial charge on any atom is -0.200 e. The average molecular weight is 671 g/mol. The highest BCUT2D eigenvalue weighted by atomic mass is 35.5. The third-order valence-electron chi connectivity index (χ3n) is 6.27. The molecule has 0 N–H and O–H groups in total. The first-order chi connectivity index (χ1) is 17.4. The van der Waals surface area contributed by atoms with Crippen molar-refractivity contribution in [3.05, 3.63) is 0 Å². The zero-order valence-electron chi connectivity index (χ0n) is 20.6. The molecule has 40 heavy (non-hydrogen) atoms. The molecule has 0 radical (unpaired) electrons. The lowest BCUT2D eigenvalue weighted by Crippen LogP contribution is -2.74. The van der Waals surface area contributed by atoms with Gasteiger partial charge in [-0.3, -0.25) is 0 Å². The molecule has 0 nitrogen and oxygen atoms in total. The van der Waals surface area contributed by atoms with Crippen LogP contribution in [-0.4, -0.2) is 52.0 Å². The van der Waals surface area contributed by atoms with Gasteiger partial charge in [0, 0.05) is 6.42 Å². The van der Waals surface area contributed by atoms with Crippen LogP contribution in [0.5, 0.6) is 0 Å². The summed E-state index contributed by atoms with van der Waals surface area (Å²) < 4.78 is 225. The minimum atomic E-state index is -8.64. The maximum Gasteiger partial charge on any atom is 0.460 e. The third kappa shape index (κ3) is 7.12. The van der Waals surface area contributed by atoms with Crippen LogP contribution < -0.4 is 0 Å². The third-order valence-corrected chi connectivity index (χ3v) is 7.39. The van der Waals surface area contributed by atoms with E-state index in [0.29, 0.717) is 12.8 Å². The Kier molecular flexibility index (Phi) is 12.4. The second kappa shape index (κ2) is 12.6. The predicted octanol–water partition coefficient (Wildman–Crippen LogP) is 11.3. The number of hydrogen-bond donors (Lipinski definition) is 0. The van der Waals surface area contributed by atoms with Crippen LogP contribution in [0.4, 0.5) is 74.6 Å². The van der Waals surface area contributed by atoms with E-state index in [1.807, 2.05) is 6.92 Å². The first-order valence-corrected chi connectivity index (χ1v) is 12.3. The Morgan fingerprint density at radius 2 is 0.825 bits per heavy atom. The number of hydrogen-bond acceptors (Lipinski definition) is 0. The van der Waals surface area contributed by atoms with Gasteiger partial charge in [0.05, 0.1) is 0 Å². The summed E-state index contributed by atoms with van der Waals surface area (Å²) in [6, 6.07) is 0. The number of rotatable bonds is 17. The Labute approximate surface area is 227 Å². The molecular weight excluding hydrogens is 646 g/mol. The molecule has 0 aliphatic carbocycles. The van der Waals surface area contributed by atoms with Crippen molar-refractivity contribution in [1.29, 1.82) is 0 Å². The molecule has 0 aromatic heterocycles. The van der Waals surface area contributed by atoms with Crippen LogP contribution in [0.15, 0.2) is 0 Å². The molecule has 19 heteroatoms. The summed E-state index contributed by atoms with van der Waals surface area (Å²) in [7, 11) is 0. The maximum absolute atomic E-state index is 14.1. The fraction of sp³-hybridized carbons (Fsp3) is 1.00. The topological polar surface area (TPSA) is 0 Å². The van der Waals surface area contributed by atoms with Crippen molar-refractivity contribution in [3.8, 4) is 0 Å². The molecule has 0 saturated heterocycles. The van der Waals surface area contributed by atoms with E-state index < -0.39 is 70.7 Å². The fourth-order valence-corrected chi connectivity index (χ4v) is 3.77. The van der Waals surface area contributed by atoms with Crippen molar-refractivity contribution < 1.29 is 74.6 Å². The van der Waals surface area contributed by atoms with Gasteiger partial charge < -0.3 is 0 Å². The highest BCUT2D eigenvalue weighted by Gasteiger charge is 2.95. The van der Waals surface area contributed by atoms with E-state index in [-0.39, 0.29) is 6.42 Å². The maximum atomic E-state index is 14.1. The lowest BCUT2D eigenvalue weighted by Gasteiger charge is -2.43. The SMILES string of the molecule is CCCCCCCCC(C)C(Cl)(Cl)CCC(F)(F)C(F)(F)C(F)(F)C(F)(F)C(F)(F)C(F)(F)C(F)(F)C(F)(F)F. The molecule has 0 saturated carbocycles. The molecule has 0 spiro atoms. The first-order valence-electron chi connectivity index (χ1n) is 11.5. The molecule has 0 heterocycles. The lowest BCUT2D eigenvalue weighted by molar-refractivity contribution is -0.461. The summed E-state index contributed by atoms with van der Waals surface area (Å²) in [5, 5.41) is 0. The van der Waals surface area contributed by atoms with Gasteiger partial charge in [0.1, 0.15) is 4.33 Å². The van der Waals surface area contributed by atoms with Crippen molar-refractivity contribution in [3.63, 3.8) is 0 Å². The van der Waals surface area contributed by atoms with E-state index in [1.54, 1.807) is 0 Å². The van der Waals surface area contributed by atoms with E-state index >= 15 is 0 Å². The van der Waals surface area contributed by atoms with Gasteiger partial charge in [-0.1, -0.05) is 52.4 Å². The second-order valence-corrected chi connectivity index (χ2v) is 10.9. The highest BCUT2D eigenvalue weighted by molar-refractivity contribution is 6.48. The second-order valence-electron chi connectivity index (χ2n) is 9.37. The van der Waals surface area contributed by atoms with Crippen molar-refractivity contribution in [2.45, 2.75) is 124 Å². The molecule has 242 valence electrons. The molecule has 0 aliphatic rings. The Balaban J connectivity index is 5.99. The summed E-state index contributed by atoms with van der Waals surface area (Å²) in [4.78, 5) is 0. The Bertz CT molecular complexity index is 806. The standard InChI is InChI=1S/C21H25Cl2F17/c1-3-4-5-6-7-8-9-12(2)13(22,23)10-11-14(24,25)15(26,27)16(28,29)17(30,31)18(32,33)19(34,35)20(36,37)21(38,39)40/h12H,3-11H2,1-2H3. The van der Waals surface area contributed by atoms with Gasteiger partial charge in [0.15, 0.2) is 0 Å². The largest absolute Gasteiger partial charge is 0.460 e. The summed E-state index contributed by atoms with van der Waals surface area (Å²) in [5.74, 6) is -57.5. The van der Waals surface area contributed by atoms with E-state index in [9.17, 15) is 74.6 Å². The Morgan fingerprint density at radius 1 is 0.475 bits per heavy atom. The van der Waals surface area contributed by atoms with Crippen LogP contribution in [0, 0.1) is 5.92 Å². The van der Waals surface area contributed by atoms with Gasteiger partial charge >= 0.3 is 47.6 Å². The highest BCUT2D eigenvalue weighted by Crippen LogP contribution is 2.64. The number of halogens is 19.